The van der Waals surface area contributed by atoms with Crippen molar-refractivity contribution in [3.8, 4) is 61.3 Å². The molecule has 1 aromatic heterocycles. The Bertz CT molecular complexity index is 3220. The van der Waals surface area contributed by atoms with Crippen LogP contribution in [0.3, 0.4) is 0 Å². The molecule has 11 rings (SSSR count). The van der Waals surface area contributed by atoms with Crippen LogP contribution in [0.1, 0.15) is 0 Å². The Hall–Kier alpha value is -8.20. The third kappa shape index (κ3) is 7.04. The van der Waals surface area contributed by atoms with Gasteiger partial charge < -0.3 is 9.47 Å². The molecule has 0 aliphatic rings. The zero-order chi connectivity index (χ0) is 41.2. The van der Waals surface area contributed by atoms with E-state index in [4.69, 9.17) is 0 Å². The molecule has 292 valence electrons. The summed E-state index contributed by atoms with van der Waals surface area (Å²) in [5, 5.41) is 2.54. The highest BCUT2D eigenvalue weighted by Crippen LogP contribution is 2.39. The van der Waals surface area contributed by atoms with Gasteiger partial charge in [0, 0.05) is 33.5 Å². The molecule has 0 bridgehead atoms. The second-order valence-electron chi connectivity index (χ2n) is 15.8. The molecular weight excluding hydrogens is 749 g/mol. The highest BCUT2D eigenvalue weighted by atomic mass is 15.1. The first kappa shape index (κ1) is 36.8. The van der Waals surface area contributed by atoms with E-state index in [1.165, 1.54) is 77.4 Å². The number of para-hydroxylation sites is 2. The predicted molar refractivity (Wildman–Crippen MR) is 263 cm³/mol. The number of hydrogen-bond donors (Lipinski definition) is 0. The van der Waals surface area contributed by atoms with Crippen molar-refractivity contribution in [2.24, 2.45) is 0 Å². The van der Waals surface area contributed by atoms with Gasteiger partial charge in [-0.2, -0.15) is 0 Å². The molecule has 0 amide bonds. The van der Waals surface area contributed by atoms with Crippen molar-refractivity contribution in [3.05, 3.63) is 255 Å². The Balaban J connectivity index is 0.889. The van der Waals surface area contributed by atoms with E-state index in [-0.39, 0.29) is 0 Å². The highest BCUT2D eigenvalue weighted by Gasteiger charge is 2.15. The number of hydrogen-bond acceptors (Lipinski definition) is 1. The average molecular weight is 791 g/mol. The van der Waals surface area contributed by atoms with E-state index in [1.54, 1.807) is 0 Å². The predicted octanol–water partition coefficient (Wildman–Crippen LogP) is 16.6. The summed E-state index contributed by atoms with van der Waals surface area (Å²) in [6.45, 7) is 0. The molecule has 0 fully saturated rings. The van der Waals surface area contributed by atoms with E-state index in [9.17, 15) is 0 Å². The fourth-order valence-electron chi connectivity index (χ4n) is 8.85. The van der Waals surface area contributed by atoms with Gasteiger partial charge in [-0.1, -0.05) is 188 Å². The summed E-state index contributed by atoms with van der Waals surface area (Å²) in [4.78, 5) is 2.34. The molecule has 0 radical (unpaired) electrons. The van der Waals surface area contributed by atoms with Gasteiger partial charge in [0.1, 0.15) is 0 Å². The van der Waals surface area contributed by atoms with Crippen LogP contribution in [0.15, 0.2) is 255 Å². The average Bonchev–Trinajstić information content (AvgIpc) is 3.70. The zero-order valence-electron chi connectivity index (χ0n) is 34.1. The van der Waals surface area contributed by atoms with Crippen molar-refractivity contribution >= 4 is 38.9 Å². The number of anilines is 3. The van der Waals surface area contributed by atoms with Crippen LogP contribution in [0.4, 0.5) is 17.1 Å². The second-order valence-corrected chi connectivity index (χ2v) is 15.8. The third-order valence-electron chi connectivity index (χ3n) is 12.0. The van der Waals surface area contributed by atoms with Gasteiger partial charge >= 0.3 is 0 Å². The van der Waals surface area contributed by atoms with Gasteiger partial charge in [-0.3, -0.25) is 0 Å². The smallest absolute Gasteiger partial charge is 0.0541 e. The lowest BCUT2D eigenvalue weighted by atomic mass is 9.97. The minimum Gasteiger partial charge on any atom is -0.311 e. The van der Waals surface area contributed by atoms with E-state index < -0.39 is 0 Å². The van der Waals surface area contributed by atoms with Crippen LogP contribution in [-0.2, 0) is 0 Å². The van der Waals surface area contributed by atoms with Crippen LogP contribution < -0.4 is 4.90 Å². The Morgan fingerprint density at radius 2 is 0.516 bits per heavy atom. The van der Waals surface area contributed by atoms with E-state index >= 15 is 0 Å². The topological polar surface area (TPSA) is 8.17 Å². The minimum atomic E-state index is 1.10. The van der Waals surface area contributed by atoms with Crippen molar-refractivity contribution in [2.75, 3.05) is 4.90 Å². The van der Waals surface area contributed by atoms with Crippen LogP contribution in [0.2, 0.25) is 0 Å². The molecule has 11 aromatic rings. The lowest BCUT2D eigenvalue weighted by Gasteiger charge is -2.26. The van der Waals surface area contributed by atoms with Crippen molar-refractivity contribution in [1.29, 1.82) is 0 Å². The molecule has 0 saturated carbocycles. The Morgan fingerprint density at radius 3 is 0.935 bits per heavy atom. The number of nitrogens with zero attached hydrogens (tertiary/aromatic N) is 2. The lowest BCUT2D eigenvalue weighted by Crippen LogP contribution is -2.09. The van der Waals surface area contributed by atoms with Gasteiger partial charge in [-0.05, 0) is 122 Å². The van der Waals surface area contributed by atoms with Crippen molar-refractivity contribution in [3.63, 3.8) is 0 Å². The molecule has 0 saturated heterocycles. The lowest BCUT2D eigenvalue weighted by molar-refractivity contribution is 1.18. The van der Waals surface area contributed by atoms with Crippen LogP contribution in [0.5, 0.6) is 0 Å². The zero-order valence-corrected chi connectivity index (χ0v) is 34.1. The van der Waals surface area contributed by atoms with Gasteiger partial charge in [0.05, 0.1) is 11.0 Å². The van der Waals surface area contributed by atoms with Gasteiger partial charge in [-0.15, -0.1) is 0 Å². The summed E-state index contributed by atoms with van der Waals surface area (Å²) in [5.74, 6) is 0. The molecule has 62 heavy (non-hydrogen) atoms. The van der Waals surface area contributed by atoms with Crippen molar-refractivity contribution < 1.29 is 0 Å². The summed E-state index contributed by atoms with van der Waals surface area (Å²) in [6, 6.07) is 91.9. The third-order valence-corrected chi connectivity index (χ3v) is 12.0. The molecule has 0 N–H and O–H groups in total. The van der Waals surface area contributed by atoms with E-state index in [0.717, 1.165) is 22.7 Å². The molecule has 0 aliphatic heterocycles. The summed E-state index contributed by atoms with van der Waals surface area (Å²) in [6.07, 6.45) is 0. The van der Waals surface area contributed by atoms with Crippen molar-refractivity contribution in [1.82, 2.24) is 4.57 Å². The van der Waals surface area contributed by atoms with E-state index in [1.807, 2.05) is 0 Å². The van der Waals surface area contributed by atoms with Gasteiger partial charge in [0.25, 0.3) is 0 Å². The molecule has 0 atom stereocenters. The standard InChI is InChI=1S/C60H42N2/c1-3-12-43(13-4-1)46-26-34-53(35-27-46)61(54-36-28-47(29-37-54)45-22-24-50(25-23-45)52-17-11-16-51(42-52)44-14-5-2-6-15-44)55-38-30-48(31-39-55)49-32-40-56(41-33-49)62-59-20-9-7-18-57(59)58-19-8-10-21-60(58)62/h1-42H. The molecule has 1 heterocycles. The molecule has 0 unspecified atom stereocenters. The normalized spacial score (nSPS) is 11.2. The molecule has 2 nitrogen and oxygen atoms in total. The van der Waals surface area contributed by atoms with Gasteiger partial charge in [-0.25, -0.2) is 0 Å². The first-order valence-corrected chi connectivity index (χ1v) is 21.2. The van der Waals surface area contributed by atoms with Crippen LogP contribution in [-0.4, -0.2) is 4.57 Å². The number of rotatable bonds is 9. The number of aromatic nitrogens is 1. The summed E-state index contributed by atoms with van der Waals surface area (Å²) in [7, 11) is 0. The Morgan fingerprint density at radius 1 is 0.226 bits per heavy atom. The highest BCUT2D eigenvalue weighted by molar-refractivity contribution is 6.09. The Kier molecular flexibility index (Phi) is 9.57. The maximum absolute atomic E-state index is 2.37. The fraction of sp³-hybridized carbons (Fsp3) is 0. The molecule has 0 aliphatic carbocycles. The van der Waals surface area contributed by atoms with Crippen LogP contribution in [0, 0.1) is 0 Å². The van der Waals surface area contributed by atoms with Gasteiger partial charge in [0.2, 0.25) is 0 Å². The fourth-order valence-corrected chi connectivity index (χ4v) is 8.85. The first-order valence-electron chi connectivity index (χ1n) is 21.2. The van der Waals surface area contributed by atoms with Crippen LogP contribution in [0.25, 0.3) is 83.1 Å². The molecular formula is C60H42N2. The maximum Gasteiger partial charge on any atom is 0.0541 e. The summed E-state index contributed by atoms with van der Waals surface area (Å²) in [5.41, 5.74) is 18.9. The number of benzene rings is 10. The van der Waals surface area contributed by atoms with Gasteiger partial charge in [0.15, 0.2) is 0 Å². The second kappa shape index (κ2) is 16.1. The van der Waals surface area contributed by atoms with Crippen molar-refractivity contribution in [2.45, 2.75) is 0 Å². The minimum absolute atomic E-state index is 1.10. The molecule has 0 spiro atoms. The van der Waals surface area contributed by atoms with E-state index in [0.29, 0.717) is 0 Å². The first-order chi connectivity index (χ1) is 30.7. The number of fused-ring (bicyclic) bond motifs is 3. The van der Waals surface area contributed by atoms with E-state index in [2.05, 4.69) is 264 Å². The molecule has 10 aromatic carbocycles. The SMILES string of the molecule is c1ccc(-c2ccc(N(c3ccc(-c4ccc(-c5cccc(-c6ccccc6)c5)cc4)cc3)c3ccc(-c4ccc(-n5c6ccccc6c6ccccc65)cc4)cc3)cc2)cc1. The summed E-state index contributed by atoms with van der Waals surface area (Å²) >= 11 is 0. The maximum atomic E-state index is 2.37. The quantitative estimate of drug-likeness (QED) is 0.141. The molecule has 2 heteroatoms. The monoisotopic (exact) mass is 790 g/mol. The largest absolute Gasteiger partial charge is 0.311 e. The summed E-state index contributed by atoms with van der Waals surface area (Å²) < 4.78 is 2.37. The van der Waals surface area contributed by atoms with Crippen LogP contribution >= 0.6 is 0 Å². The Labute approximate surface area is 362 Å².